The van der Waals surface area contributed by atoms with Crippen molar-refractivity contribution < 1.29 is 5.11 Å². The molecule has 1 aromatic rings. The van der Waals surface area contributed by atoms with Crippen molar-refractivity contribution in [2.45, 2.75) is 44.9 Å². The highest BCUT2D eigenvalue weighted by Crippen LogP contribution is 2.59. The van der Waals surface area contributed by atoms with E-state index in [1.165, 1.54) is 18.1 Å². The first-order valence-electron chi connectivity index (χ1n) is 5.71. The molecule has 0 bridgehead atoms. The van der Waals surface area contributed by atoms with Gasteiger partial charge in [-0.05, 0) is 54.1 Å². The number of phenols is 1. The van der Waals surface area contributed by atoms with Gasteiger partial charge in [0.25, 0.3) is 0 Å². The molecular weight excluding hydrogens is 203 g/mol. The Morgan fingerprint density at radius 1 is 1.47 bits per heavy atom. The lowest BCUT2D eigenvalue weighted by Gasteiger charge is -2.43. The van der Waals surface area contributed by atoms with E-state index in [1.807, 2.05) is 13.0 Å². The van der Waals surface area contributed by atoms with Crippen LogP contribution in [-0.4, -0.2) is 16.4 Å². The van der Waals surface area contributed by atoms with Gasteiger partial charge in [-0.3, -0.25) is 0 Å². The minimum atomic E-state index is 0.0427. The summed E-state index contributed by atoms with van der Waals surface area (Å²) >= 11 is 0. The Morgan fingerprint density at radius 3 is 2.73 bits per heavy atom. The first-order chi connectivity index (χ1) is 7.13. The van der Waals surface area contributed by atoms with Crippen molar-refractivity contribution in [3.63, 3.8) is 0 Å². The molecular formula is C13H19OP. The number of aryl methyl sites for hydroxylation is 1. The van der Waals surface area contributed by atoms with Crippen molar-refractivity contribution in [3.8, 4) is 5.75 Å². The molecule has 0 amide bonds. The predicted octanol–water partition coefficient (Wildman–Crippen LogP) is 3.38. The summed E-state index contributed by atoms with van der Waals surface area (Å²) < 4.78 is 0. The van der Waals surface area contributed by atoms with E-state index in [0.29, 0.717) is 5.75 Å². The number of hydrogen-bond acceptors (Lipinski definition) is 1. The summed E-state index contributed by atoms with van der Waals surface area (Å²) in [4.78, 5) is 0. The van der Waals surface area contributed by atoms with E-state index in [4.69, 9.17) is 0 Å². The monoisotopic (exact) mass is 222 g/mol. The molecule has 0 saturated carbocycles. The van der Waals surface area contributed by atoms with Crippen LogP contribution in [0.25, 0.3) is 0 Å². The Morgan fingerprint density at radius 2 is 2.20 bits per heavy atom. The fourth-order valence-corrected chi connectivity index (χ4v) is 5.74. The minimum Gasteiger partial charge on any atom is -0.508 e. The maximum atomic E-state index is 9.51. The molecule has 1 saturated heterocycles. The van der Waals surface area contributed by atoms with Gasteiger partial charge in [0, 0.05) is 0 Å². The van der Waals surface area contributed by atoms with Crippen LogP contribution in [0.2, 0.25) is 0 Å². The second kappa shape index (κ2) is 4.14. The van der Waals surface area contributed by atoms with Crippen LogP contribution in [0.3, 0.4) is 0 Å². The molecule has 1 nitrogen and oxygen atoms in total. The highest BCUT2D eigenvalue weighted by Gasteiger charge is 2.37. The Kier molecular flexibility index (Phi) is 3.02. The van der Waals surface area contributed by atoms with Gasteiger partial charge in [0.2, 0.25) is 0 Å². The van der Waals surface area contributed by atoms with E-state index in [0.717, 1.165) is 16.9 Å². The molecule has 3 unspecified atom stereocenters. The number of rotatable bonds is 2. The zero-order valence-electron chi connectivity index (χ0n) is 9.70. The van der Waals surface area contributed by atoms with E-state index in [2.05, 4.69) is 26.0 Å². The van der Waals surface area contributed by atoms with Gasteiger partial charge in [-0.15, -0.1) is 0 Å². The number of benzene rings is 1. The van der Waals surface area contributed by atoms with E-state index >= 15 is 0 Å². The fourth-order valence-electron chi connectivity index (χ4n) is 2.47. The SMILES string of the molecule is CCC1CC(C)P1c1ccc(O)c(C)c1. The van der Waals surface area contributed by atoms with Crippen LogP contribution in [-0.2, 0) is 0 Å². The first-order valence-corrected chi connectivity index (χ1v) is 7.19. The molecule has 1 aromatic carbocycles. The van der Waals surface area contributed by atoms with Crippen molar-refractivity contribution in [1.29, 1.82) is 0 Å². The molecule has 1 N–H and O–H groups in total. The first kappa shape index (κ1) is 11.0. The van der Waals surface area contributed by atoms with Gasteiger partial charge in [0.1, 0.15) is 5.75 Å². The molecule has 0 aliphatic carbocycles. The van der Waals surface area contributed by atoms with Crippen molar-refractivity contribution >= 4 is 13.2 Å². The Bertz CT molecular complexity index is 362. The van der Waals surface area contributed by atoms with Gasteiger partial charge in [0.15, 0.2) is 0 Å². The maximum absolute atomic E-state index is 9.51. The summed E-state index contributed by atoms with van der Waals surface area (Å²) in [5.74, 6) is 0.426. The summed E-state index contributed by atoms with van der Waals surface area (Å²) in [5, 5.41) is 11.0. The summed E-state index contributed by atoms with van der Waals surface area (Å²) in [7, 11) is 0.0427. The Labute approximate surface area is 93.3 Å². The topological polar surface area (TPSA) is 20.2 Å². The van der Waals surface area contributed by atoms with E-state index < -0.39 is 0 Å². The third-order valence-electron chi connectivity index (χ3n) is 3.43. The summed E-state index contributed by atoms with van der Waals surface area (Å²) in [6, 6.07) is 6.15. The van der Waals surface area contributed by atoms with Crippen LogP contribution in [0.4, 0.5) is 0 Å². The molecule has 0 spiro atoms. The van der Waals surface area contributed by atoms with Gasteiger partial charge in [0.05, 0.1) is 0 Å². The lowest BCUT2D eigenvalue weighted by atomic mass is 10.2. The van der Waals surface area contributed by atoms with Crippen LogP contribution in [0.5, 0.6) is 5.75 Å². The standard InChI is InChI=1S/C13H19OP/c1-4-11-8-10(3)15(11)12-5-6-13(14)9(2)7-12/h5-7,10-11,14H,4,8H2,1-3H3. The van der Waals surface area contributed by atoms with E-state index in [9.17, 15) is 5.11 Å². The third-order valence-corrected chi connectivity index (χ3v) is 6.83. The summed E-state index contributed by atoms with van der Waals surface area (Å²) in [5.41, 5.74) is 2.80. The lowest BCUT2D eigenvalue weighted by Crippen LogP contribution is -2.32. The van der Waals surface area contributed by atoms with Crippen LogP contribution >= 0.6 is 7.92 Å². The smallest absolute Gasteiger partial charge is 0.118 e. The summed E-state index contributed by atoms with van der Waals surface area (Å²) in [6.07, 6.45) is 2.69. The zero-order chi connectivity index (χ0) is 11.0. The Hall–Kier alpha value is -0.550. The molecule has 15 heavy (non-hydrogen) atoms. The minimum absolute atomic E-state index is 0.0427. The van der Waals surface area contributed by atoms with Crippen molar-refractivity contribution in [1.82, 2.24) is 0 Å². The fraction of sp³-hybridized carbons (Fsp3) is 0.538. The number of phenolic OH excluding ortho intramolecular Hbond substituents is 1. The van der Waals surface area contributed by atoms with Crippen molar-refractivity contribution in [2.24, 2.45) is 0 Å². The van der Waals surface area contributed by atoms with Gasteiger partial charge >= 0.3 is 0 Å². The Balaban J connectivity index is 2.25. The second-order valence-electron chi connectivity index (χ2n) is 4.52. The predicted molar refractivity (Wildman–Crippen MR) is 67.6 cm³/mol. The van der Waals surface area contributed by atoms with E-state index in [-0.39, 0.29) is 7.92 Å². The van der Waals surface area contributed by atoms with Gasteiger partial charge in [-0.1, -0.05) is 27.8 Å². The lowest BCUT2D eigenvalue weighted by molar-refractivity contribution is 0.471. The van der Waals surface area contributed by atoms with Crippen LogP contribution < -0.4 is 5.30 Å². The quantitative estimate of drug-likeness (QED) is 0.760. The molecule has 0 radical (unpaired) electrons. The average molecular weight is 222 g/mol. The van der Waals surface area contributed by atoms with Crippen LogP contribution in [0.1, 0.15) is 32.3 Å². The van der Waals surface area contributed by atoms with Gasteiger partial charge in [-0.25, -0.2) is 0 Å². The zero-order valence-corrected chi connectivity index (χ0v) is 10.6. The molecule has 0 aromatic heterocycles. The highest BCUT2D eigenvalue weighted by molar-refractivity contribution is 7.68. The van der Waals surface area contributed by atoms with Crippen LogP contribution in [0.15, 0.2) is 18.2 Å². The molecule has 2 heteroatoms. The molecule has 3 atom stereocenters. The molecule has 1 heterocycles. The third kappa shape index (κ3) is 1.90. The van der Waals surface area contributed by atoms with Crippen LogP contribution in [0, 0.1) is 6.92 Å². The molecule has 1 aliphatic heterocycles. The summed E-state index contributed by atoms with van der Waals surface area (Å²) in [6.45, 7) is 6.64. The normalized spacial score (nSPS) is 29.9. The maximum Gasteiger partial charge on any atom is 0.118 e. The molecule has 82 valence electrons. The molecule has 1 fully saturated rings. The van der Waals surface area contributed by atoms with Crippen molar-refractivity contribution in [3.05, 3.63) is 23.8 Å². The van der Waals surface area contributed by atoms with Crippen molar-refractivity contribution in [2.75, 3.05) is 0 Å². The molecule has 2 rings (SSSR count). The largest absolute Gasteiger partial charge is 0.508 e. The number of hydrogen-bond donors (Lipinski definition) is 1. The van der Waals surface area contributed by atoms with Gasteiger partial charge in [-0.2, -0.15) is 0 Å². The average Bonchev–Trinajstić information content (AvgIpc) is 2.19. The highest BCUT2D eigenvalue weighted by atomic mass is 31.1. The number of aromatic hydroxyl groups is 1. The second-order valence-corrected chi connectivity index (χ2v) is 7.47. The molecule has 1 aliphatic rings. The van der Waals surface area contributed by atoms with Gasteiger partial charge < -0.3 is 5.11 Å². The van der Waals surface area contributed by atoms with E-state index in [1.54, 1.807) is 0 Å².